The van der Waals surface area contributed by atoms with E-state index in [9.17, 15) is 19.2 Å². The third-order valence-corrected chi connectivity index (χ3v) is 5.45. The predicted octanol–water partition coefficient (Wildman–Crippen LogP) is 2.95. The molecule has 0 bridgehead atoms. The van der Waals surface area contributed by atoms with Crippen LogP contribution in [-0.2, 0) is 25.7 Å². The van der Waals surface area contributed by atoms with E-state index in [2.05, 4.69) is 26.5 Å². The molecule has 0 radical (unpaired) electrons. The third kappa shape index (κ3) is 7.72. The second-order valence-electron chi connectivity index (χ2n) is 7.29. The number of benzene rings is 2. The summed E-state index contributed by atoms with van der Waals surface area (Å²) in [6.07, 6.45) is 1.15. The Bertz CT molecular complexity index is 1390. The van der Waals surface area contributed by atoms with Crippen molar-refractivity contribution in [1.29, 1.82) is 0 Å². The molecule has 4 amide bonds. The summed E-state index contributed by atoms with van der Waals surface area (Å²) >= 11 is 11.7. The van der Waals surface area contributed by atoms with E-state index in [1.54, 1.807) is 12.1 Å². The van der Waals surface area contributed by atoms with Gasteiger partial charge in [0.15, 0.2) is 0 Å². The number of furan rings is 1. The number of amides is 4. The number of methoxy groups -OCH3 is 2. The summed E-state index contributed by atoms with van der Waals surface area (Å²) in [5.41, 5.74) is 2.60. The minimum atomic E-state index is -1.04. The van der Waals surface area contributed by atoms with Gasteiger partial charge in [0.25, 0.3) is 0 Å². The van der Waals surface area contributed by atoms with Gasteiger partial charge in [-0.05, 0) is 42.5 Å². The molecule has 2 aromatic carbocycles. The number of hydrogen-bond donors (Lipinski definition) is 4. The fourth-order valence-corrected chi connectivity index (χ4v) is 3.16. The number of hydrazone groups is 1. The lowest BCUT2D eigenvalue weighted by atomic mass is 10.2. The molecular formula is C24H21Cl2N5O7. The highest BCUT2D eigenvalue weighted by atomic mass is 35.5. The Morgan fingerprint density at radius 2 is 1.63 bits per heavy atom. The molecule has 198 valence electrons. The number of halogens is 2. The van der Waals surface area contributed by atoms with Gasteiger partial charge in [-0.1, -0.05) is 23.2 Å². The summed E-state index contributed by atoms with van der Waals surface area (Å²) in [7, 11) is 2.87. The van der Waals surface area contributed by atoms with Gasteiger partial charge in [-0.25, -0.2) is 5.43 Å². The van der Waals surface area contributed by atoms with Gasteiger partial charge in [0.2, 0.25) is 0 Å². The van der Waals surface area contributed by atoms with E-state index >= 15 is 0 Å². The molecule has 12 nitrogen and oxygen atoms in total. The molecule has 3 rings (SSSR count). The Morgan fingerprint density at radius 1 is 0.868 bits per heavy atom. The summed E-state index contributed by atoms with van der Waals surface area (Å²) in [5, 5.41) is 11.4. The zero-order chi connectivity index (χ0) is 27.7. The lowest BCUT2D eigenvalue weighted by Crippen LogP contribution is -2.34. The first kappa shape index (κ1) is 28.0. The molecule has 0 spiro atoms. The van der Waals surface area contributed by atoms with Gasteiger partial charge < -0.3 is 29.8 Å². The van der Waals surface area contributed by atoms with E-state index in [1.807, 2.05) is 0 Å². The maximum Gasteiger partial charge on any atom is 0.329 e. The lowest BCUT2D eigenvalue weighted by molar-refractivity contribution is -0.136. The van der Waals surface area contributed by atoms with Crippen LogP contribution >= 0.6 is 23.2 Å². The van der Waals surface area contributed by atoms with Crippen LogP contribution in [0.25, 0.3) is 0 Å². The number of anilines is 2. The Hall–Kier alpha value is -4.55. The van der Waals surface area contributed by atoms with Crippen molar-refractivity contribution in [3.63, 3.8) is 0 Å². The molecule has 0 aliphatic heterocycles. The van der Waals surface area contributed by atoms with Crippen molar-refractivity contribution in [2.24, 2.45) is 5.10 Å². The van der Waals surface area contributed by atoms with Crippen LogP contribution in [0.1, 0.15) is 11.5 Å². The monoisotopic (exact) mass is 561 g/mol. The first-order valence-corrected chi connectivity index (χ1v) is 11.4. The van der Waals surface area contributed by atoms with Gasteiger partial charge in [-0.15, -0.1) is 0 Å². The normalized spacial score (nSPS) is 10.5. The van der Waals surface area contributed by atoms with Crippen molar-refractivity contribution in [3.05, 3.63) is 70.1 Å². The summed E-state index contributed by atoms with van der Waals surface area (Å²) < 4.78 is 15.7. The molecule has 3 aromatic rings. The van der Waals surface area contributed by atoms with E-state index in [1.165, 1.54) is 50.6 Å². The van der Waals surface area contributed by atoms with E-state index in [-0.39, 0.29) is 23.0 Å². The van der Waals surface area contributed by atoms with E-state index in [0.717, 1.165) is 6.21 Å². The molecule has 14 heteroatoms. The molecule has 0 saturated heterocycles. The van der Waals surface area contributed by atoms with Crippen molar-refractivity contribution in [2.45, 2.75) is 6.54 Å². The van der Waals surface area contributed by atoms with Crippen LogP contribution in [0.4, 0.5) is 11.4 Å². The zero-order valence-electron chi connectivity index (χ0n) is 20.0. The molecule has 0 aliphatic rings. The minimum absolute atomic E-state index is 0.0986. The fraction of sp³-hybridized carbons (Fsp3) is 0.125. The fourth-order valence-electron chi connectivity index (χ4n) is 2.86. The standard InChI is InChI=1S/C24H21Cl2N5O7/c1-36-14-6-8-20(37-2)19(10-14)30-23(34)24(35)31-28-12-16-5-4-15(38-16)11-27-21(32)22(33)29-13-3-7-17(25)18(26)9-13/h3-10,12H,11H2,1-2H3,(H,27,32)(H,29,33)(H,30,34)(H,31,35)/b28-12+. The van der Waals surface area contributed by atoms with Crippen LogP contribution in [-0.4, -0.2) is 44.1 Å². The second kappa shape index (κ2) is 13.1. The number of rotatable bonds is 8. The van der Waals surface area contributed by atoms with Crippen LogP contribution in [0.5, 0.6) is 11.5 Å². The quantitative estimate of drug-likeness (QED) is 0.187. The number of carbonyl (C=O) groups is 4. The van der Waals surface area contributed by atoms with Gasteiger partial charge in [0.05, 0.1) is 42.7 Å². The largest absolute Gasteiger partial charge is 0.497 e. The molecule has 0 saturated carbocycles. The van der Waals surface area contributed by atoms with Crippen molar-refractivity contribution in [2.75, 3.05) is 24.9 Å². The number of hydrogen-bond acceptors (Lipinski definition) is 8. The number of ether oxygens (including phenoxy) is 2. The lowest BCUT2D eigenvalue weighted by Gasteiger charge is -2.10. The highest BCUT2D eigenvalue weighted by Crippen LogP contribution is 2.28. The van der Waals surface area contributed by atoms with Crippen LogP contribution in [0.15, 0.2) is 58.0 Å². The number of nitrogens with zero attached hydrogens (tertiary/aromatic N) is 1. The molecule has 0 fully saturated rings. The summed E-state index contributed by atoms with van der Waals surface area (Å²) in [4.78, 5) is 48.3. The van der Waals surface area contributed by atoms with Gasteiger partial charge in [0, 0.05) is 11.8 Å². The molecule has 1 heterocycles. The molecule has 1 aromatic heterocycles. The highest BCUT2D eigenvalue weighted by Gasteiger charge is 2.17. The molecule has 4 N–H and O–H groups in total. The van der Waals surface area contributed by atoms with Crippen LogP contribution in [0.2, 0.25) is 10.0 Å². The van der Waals surface area contributed by atoms with Gasteiger partial charge in [-0.3, -0.25) is 19.2 Å². The number of nitrogens with one attached hydrogen (secondary N) is 4. The summed E-state index contributed by atoms with van der Waals surface area (Å²) in [6.45, 7) is -0.0986. The zero-order valence-corrected chi connectivity index (χ0v) is 21.5. The first-order valence-electron chi connectivity index (χ1n) is 10.7. The van der Waals surface area contributed by atoms with E-state index < -0.39 is 23.6 Å². The van der Waals surface area contributed by atoms with Crippen molar-refractivity contribution >= 4 is 64.4 Å². The number of carbonyl (C=O) groups excluding carboxylic acids is 4. The topological polar surface area (TPSA) is 160 Å². The maximum atomic E-state index is 12.2. The smallest absolute Gasteiger partial charge is 0.329 e. The molecule has 0 aliphatic carbocycles. The first-order chi connectivity index (χ1) is 18.2. The Balaban J connectivity index is 1.47. The average Bonchev–Trinajstić information content (AvgIpc) is 3.36. The Labute approximate surface area is 226 Å². The Kier molecular flexibility index (Phi) is 9.68. The SMILES string of the molecule is COc1ccc(OC)c(NC(=O)C(=O)N/N=C/c2ccc(CNC(=O)C(=O)Nc3ccc(Cl)c(Cl)c3)o2)c1. The van der Waals surface area contributed by atoms with Crippen LogP contribution in [0, 0.1) is 0 Å². The van der Waals surface area contributed by atoms with Gasteiger partial charge in [-0.2, -0.15) is 5.10 Å². The van der Waals surface area contributed by atoms with Crippen LogP contribution in [0.3, 0.4) is 0 Å². The van der Waals surface area contributed by atoms with Gasteiger partial charge in [0.1, 0.15) is 23.0 Å². The third-order valence-electron chi connectivity index (χ3n) is 4.71. The minimum Gasteiger partial charge on any atom is -0.497 e. The summed E-state index contributed by atoms with van der Waals surface area (Å²) in [6, 6.07) is 12.1. The second-order valence-corrected chi connectivity index (χ2v) is 8.10. The van der Waals surface area contributed by atoms with Crippen LogP contribution < -0.4 is 30.8 Å². The van der Waals surface area contributed by atoms with Crippen molar-refractivity contribution < 1.29 is 33.1 Å². The van der Waals surface area contributed by atoms with Gasteiger partial charge >= 0.3 is 23.6 Å². The summed E-state index contributed by atoms with van der Waals surface area (Å²) in [5.74, 6) is -2.55. The maximum absolute atomic E-state index is 12.2. The molecular weight excluding hydrogens is 541 g/mol. The molecule has 0 atom stereocenters. The predicted molar refractivity (Wildman–Crippen MR) is 140 cm³/mol. The molecule has 38 heavy (non-hydrogen) atoms. The van der Waals surface area contributed by atoms with E-state index in [4.69, 9.17) is 37.1 Å². The van der Waals surface area contributed by atoms with Crippen molar-refractivity contribution in [3.8, 4) is 11.5 Å². The van der Waals surface area contributed by atoms with Crippen molar-refractivity contribution in [1.82, 2.24) is 10.7 Å². The Morgan fingerprint density at radius 3 is 2.34 bits per heavy atom. The van der Waals surface area contributed by atoms with E-state index in [0.29, 0.717) is 28.0 Å². The average molecular weight is 562 g/mol. The highest BCUT2D eigenvalue weighted by molar-refractivity contribution is 6.43. The molecule has 0 unspecified atom stereocenters.